The number of rotatable bonds is 10. The quantitative estimate of drug-likeness (QED) is 0.198. The van der Waals surface area contributed by atoms with Crippen LogP contribution in [0.5, 0.6) is 0 Å². The number of carbonyl (C=O) groups is 1. The Morgan fingerprint density at radius 2 is 1.81 bits per heavy atom. The van der Waals surface area contributed by atoms with Crippen molar-refractivity contribution in [3.8, 4) is 0 Å². The lowest BCUT2D eigenvalue weighted by atomic mass is 10.2. The van der Waals surface area contributed by atoms with Crippen LogP contribution in [0, 0.1) is 10.1 Å². The summed E-state index contributed by atoms with van der Waals surface area (Å²) in [6.07, 6.45) is 4.44. The number of para-hydroxylation sites is 1. The van der Waals surface area contributed by atoms with Gasteiger partial charge in [-0.15, -0.1) is 10.2 Å². The molecule has 0 saturated carbocycles. The Hall–Kier alpha value is -3.02. The minimum absolute atomic E-state index is 0.00550. The van der Waals surface area contributed by atoms with E-state index in [1.165, 1.54) is 47.0 Å². The Labute approximate surface area is 191 Å². The molecule has 2 aromatic carbocycles. The largest absolute Gasteiger partial charge is 0.276 e. The molecular formula is C20H17N5O3S3. The normalized spacial score (nSPS) is 11.2. The Kier molecular flexibility index (Phi) is 8.76. The summed E-state index contributed by atoms with van der Waals surface area (Å²) in [4.78, 5) is 22.4. The van der Waals surface area contributed by atoms with E-state index in [-0.39, 0.29) is 17.3 Å². The first-order valence-corrected chi connectivity index (χ1v) is 11.8. The summed E-state index contributed by atoms with van der Waals surface area (Å²) >= 11 is 4.34. The highest BCUT2D eigenvalue weighted by molar-refractivity contribution is 8.03. The topological polar surface area (TPSA) is 110 Å². The third-order valence-corrected chi connectivity index (χ3v) is 6.94. The van der Waals surface area contributed by atoms with Gasteiger partial charge in [0.05, 0.1) is 16.2 Å². The van der Waals surface area contributed by atoms with Gasteiger partial charge in [0.2, 0.25) is 0 Å². The van der Waals surface area contributed by atoms with E-state index in [1.807, 2.05) is 18.2 Å². The van der Waals surface area contributed by atoms with Gasteiger partial charge < -0.3 is 0 Å². The molecule has 1 heterocycles. The minimum Gasteiger partial charge on any atom is -0.272 e. The van der Waals surface area contributed by atoms with Crippen LogP contribution >= 0.6 is 34.9 Å². The van der Waals surface area contributed by atoms with Gasteiger partial charge in [-0.05, 0) is 23.8 Å². The molecule has 0 saturated heterocycles. The van der Waals surface area contributed by atoms with Crippen LogP contribution in [0.1, 0.15) is 11.1 Å². The van der Waals surface area contributed by atoms with Crippen LogP contribution in [-0.2, 0) is 10.5 Å². The molecule has 0 spiro atoms. The molecule has 1 aromatic heterocycles. The van der Waals surface area contributed by atoms with Gasteiger partial charge in [0.25, 0.3) is 11.6 Å². The van der Waals surface area contributed by atoms with Crippen LogP contribution in [0.2, 0.25) is 0 Å². The second kappa shape index (κ2) is 12.0. The number of amides is 1. The summed E-state index contributed by atoms with van der Waals surface area (Å²) in [6.45, 7) is 0. The second-order valence-corrected chi connectivity index (χ2v) is 9.31. The molecule has 0 aliphatic heterocycles. The zero-order chi connectivity index (χ0) is 21.9. The zero-order valence-electron chi connectivity index (χ0n) is 16.1. The predicted molar refractivity (Wildman–Crippen MR) is 125 cm³/mol. The fraction of sp³-hybridized carbons (Fsp3) is 0.100. The van der Waals surface area contributed by atoms with Crippen LogP contribution < -0.4 is 5.43 Å². The molecule has 0 bridgehead atoms. The van der Waals surface area contributed by atoms with Gasteiger partial charge in [0, 0.05) is 18.0 Å². The van der Waals surface area contributed by atoms with Crippen molar-refractivity contribution in [2.24, 2.45) is 5.10 Å². The summed E-state index contributed by atoms with van der Waals surface area (Å²) in [5, 5.41) is 23.0. The molecule has 0 atom stereocenters. The lowest BCUT2D eigenvalue weighted by Gasteiger charge is -1.97. The van der Waals surface area contributed by atoms with E-state index in [0.717, 1.165) is 10.1 Å². The highest BCUT2D eigenvalue weighted by atomic mass is 32.2. The van der Waals surface area contributed by atoms with Crippen LogP contribution in [0.25, 0.3) is 6.08 Å². The highest BCUT2D eigenvalue weighted by Gasteiger charge is 2.09. The Morgan fingerprint density at radius 3 is 2.58 bits per heavy atom. The number of nitrogens with zero attached hydrogens (tertiary/aromatic N) is 4. The molecule has 0 unspecified atom stereocenters. The molecule has 0 fully saturated rings. The van der Waals surface area contributed by atoms with Gasteiger partial charge in [-0.1, -0.05) is 77.3 Å². The van der Waals surface area contributed by atoms with Crippen molar-refractivity contribution >= 4 is 58.7 Å². The molecule has 0 aliphatic carbocycles. The number of hydrazone groups is 1. The number of hydrogen-bond acceptors (Lipinski definition) is 9. The first-order chi connectivity index (χ1) is 15.1. The smallest absolute Gasteiger partial charge is 0.272 e. The monoisotopic (exact) mass is 471 g/mol. The molecule has 3 rings (SSSR count). The molecule has 1 N–H and O–H groups in total. The number of hydrogen-bond donors (Lipinski definition) is 1. The lowest BCUT2D eigenvalue weighted by molar-refractivity contribution is -0.385. The number of allylic oxidation sites excluding steroid dienone is 1. The average molecular weight is 472 g/mol. The van der Waals surface area contributed by atoms with E-state index in [2.05, 4.69) is 32.9 Å². The number of thioether (sulfide) groups is 2. The number of nitrogens with one attached hydrogen (secondary N) is 1. The maximum atomic E-state index is 11.9. The zero-order valence-corrected chi connectivity index (χ0v) is 18.5. The molecule has 1 amide bonds. The van der Waals surface area contributed by atoms with Crippen LogP contribution in [0.3, 0.4) is 0 Å². The van der Waals surface area contributed by atoms with Crippen molar-refractivity contribution in [2.75, 3.05) is 5.75 Å². The van der Waals surface area contributed by atoms with Gasteiger partial charge in [-0.2, -0.15) is 5.10 Å². The lowest BCUT2D eigenvalue weighted by Crippen LogP contribution is -2.19. The SMILES string of the molecule is O=C(CSc1nnc(SCc2ccccc2)s1)N/N=C/C=C/c1ccccc1[N+](=O)[O-]. The number of benzene rings is 2. The van der Waals surface area contributed by atoms with E-state index >= 15 is 0 Å². The first kappa shape index (κ1) is 22.7. The van der Waals surface area contributed by atoms with Crippen molar-refractivity contribution < 1.29 is 9.72 Å². The summed E-state index contributed by atoms with van der Waals surface area (Å²) in [5.74, 6) is 0.687. The second-order valence-electron chi connectivity index (χ2n) is 5.89. The van der Waals surface area contributed by atoms with Crippen molar-refractivity contribution in [1.82, 2.24) is 15.6 Å². The predicted octanol–water partition coefficient (Wildman–Crippen LogP) is 4.65. The van der Waals surface area contributed by atoms with Gasteiger partial charge in [-0.3, -0.25) is 14.9 Å². The van der Waals surface area contributed by atoms with Crippen molar-refractivity contribution in [1.29, 1.82) is 0 Å². The molecule has 3 aromatic rings. The third-order valence-electron chi connectivity index (χ3n) is 3.68. The van der Waals surface area contributed by atoms with Crippen molar-refractivity contribution in [3.05, 3.63) is 81.9 Å². The number of aromatic nitrogens is 2. The molecule has 11 heteroatoms. The van der Waals surface area contributed by atoms with E-state index in [1.54, 1.807) is 36.0 Å². The number of nitro benzene ring substituents is 1. The fourth-order valence-corrected chi connectivity index (χ4v) is 5.05. The first-order valence-electron chi connectivity index (χ1n) is 8.97. The Bertz CT molecular complexity index is 1090. The van der Waals surface area contributed by atoms with Gasteiger partial charge in [0.15, 0.2) is 8.68 Å². The van der Waals surface area contributed by atoms with E-state index in [4.69, 9.17) is 0 Å². The molecule has 0 aliphatic rings. The van der Waals surface area contributed by atoms with E-state index in [0.29, 0.717) is 9.90 Å². The van der Waals surface area contributed by atoms with Crippen LogP contribution in [-0.4, -0.2) is 33.0 Å². The summed E-state index contributed by atoms with van der Waals surface area (Å²) in [7, 11) is 0. The highest BCUT2D eigenvalue weighted by Crippen LogP contribution is 2.30. The van der Waals surface area contributed by atoms with Gasteiger partial charge in [-0.25, -0.2) is 5.43 Å². The van der Waals surface area contributed by atoms with E-state index in [9.17, 15) is 14.9 Å². The number of nitro groups is 1. The fourth-order valence-electron chi connectivity index (χ4n) is 2.29. The van der Waals surface area contributed by atoms with Crippen molar-refractivity contribution in [3.63, 3.8) is 0 Å². The van der Waals surface area contributed by atoms with Gasteiger partial charge >= 0.3 is 0 Å². The molecule has 0 radical (unpaired) electrons. The maximum absolute atomic E-state index is 11.9. The van der Waals surface area contributed by atoms with Crippen LogP contribution in [0.4, 0.5) is 5.69 Å². The van der Waals surface area contributed by atoms with E-state index < -0.39 is 4.92 Å². The molecular weight excluding hydrogens is 454 g/mol. The standard InChI is InChI=1S/C20H17N5O3S3/c26-18(22-21-12-6-10-16-9-4-5-11-17(16)25(27)28)14-30-20-24-23-19(31-20)29-13-15-7-2-1-3-8-15/h1-12H,13-14H2,(H,22,26)/b10-6+,21-12+. The number of carbonyl (C=O) groups excluding carboxylic acids is 1. The summed E-state index contributed by atoms with van der Waals surface area (Å²) < 4.78 is 1.57. The Morgan fingerprint density at radius 1 is 1.10 bits per heavy atom. The maximum Gasteiger partial charge on any atom is 0.276 e. The summed E-state index contributed by atoms with van der Waals surface area (Å²) in [6, 6.07) is 16.5. The molecule has 158 valence electrons. The third kappa shape index (κ3) is 7.63. The van der Waals surface area contributed by atoms with Crippen LogP contribution in [0.15, 0.2) is 74.5 Å². The average Bonchev–Trinajstić information content (AvgIpc) is 3.25. The minimum atomic E-state index is -0.450. The van der Waals surface area contributed by atoms with Gasteiger partial charge in [0.1, 0.15) is 0 Å². The van der Waals surface area contributed by atoms with Crippen molar-refractivity contribution in [2.45, 2.75) is 14.4 Å². The molecule has 8 nitrogen and oxygen atoms in total. The molecule has 31 heavy (non-hydrogen) atoms. The summed E-state index contributed by atoms with van der Waals surface area (Å²) in [5.41, 5.74) is 4.08. The Balaban J connectivity index is 1.39.